The third-order valence-electron chi connectivity index (χ3n) is 7.62. The molecule has 0 atom stereocenters. The topological polar surface area (TPSA) is 97.6 Å². The zero-order valence-electron chi connectivity index (χ0n) is 21.3. The Morgan fingerprint density at radius 2 is 1.87 bits per heavy atom. The van der Waals surface area contributed by atoms with Crippen LogP contribution in [0.4, 0.5) is 0 Å². The van der Waals surface area contributed by atoms with Crippen LogP contribution in [0.25, 0.3) is 21.9 Å². The summed E-state index contributed by atoms with van der Waals surface area (Å²) in [5.74, 6) is 0.532. The van der Waals surface area contributed by atoms with Crippen LogP contribution in [0, 0.1) is 0 Å². The molecule has 2 aromatic heterocycles. The number of aromatic nitrogens is 4. The van der Waals surface area contributed by atoms with Crippen molar-refractivity contribution < 1.29 is 14.3 Å². The van der Waals surface area contributed by atoms with E-state index in [-0.39, 0.29) is 17.6 Å². The summed E-state index contributed by atoms with van der Waals surface area (Å²) in [5.41, 5.74) is 2.86. The molecule has 4 heterocycles. The quantitative estimate of drug-likeness (QED) is 0.379. The maximum Gasteiger partial charge on any atom is 0.326 e. The average molecular weight is 517 g/mol. The molecule has 0 spiro atoms. The van der Waals surface area contributed by atoms with E-state index in [0.717, 1.165) is 54.8 Å². The number of carbonyl (C=O) groups excluding carboxylic acids is 1. The molecule has 198 valence electrons. The number of nitrogens with one attached hydrogen (secondary N) is 1. The minimum absolute atomic E-state index is 0.0399. The highest BCUT2D eigenvalue weighted by atomic mass is 16.5. The molecule has 2 fully saturated rings. The zero-order valence-corrected chi connectivity index (χ0v) is 21.3. The Bertz CT molecular complexity index is 1520. The van der Waals surface area contributed by atoms with Crippen LogP contribution >= 0.6 is 0 Å². The van der Waals surface area contributed by atoms with Gasteiger partial charge < -0.3 is 19.4 Å². The average Bonchev–Trinajstić information content (AvgIpc) is 3.50. The Morgan fingerprint density at radius 3 is 2.66 bits per heavy atom. The van der Waals surface area contributed by atoms with Crippen molar-refractivity contribution in [1.29, 1.82) is 0 Å². The van der Waals surface area contributed by atoms with Crippen LogP contribution < -0.4 is 10.4 Å². The number of rotatable bonds is 7. The third-order valence-corrected chi connectivity index (χ3v) is 7.62. The lowest BCUT2D eigenvalue weighted by molar-refractivity contribution is 0.0361. The van der Waals surface area contributed by atoms with Crippen molar-refractivity contribution >= 4 is 27.8 Å². The van der Waals surface area contributed by atoms with Crippen LogP contribution in [0.5, 0.6) is 5.75 Å². The number of hydrogen-bond acceptors (Lipinski definition) is 6. The first-order chi connectivity index (χ1) is 18.6. The number of nitrogens with zero attached hydrogens (tertiary/aromatic N) is 5. The smallest absolute Gasteiger partial charge is 0.326 e. The van der Waals surface area contributed by atoms with Gasteiger partial charge in [-0.1, -0.05) is 30.8 Å². The number of hydrogen-bond donors (Lipinski definition) is 1. The molecule has 2 aliphatic heterocycles. The van der Waals surface area contributed by atoms with Crippen LogP contribution in [-0.4, -0.2) is 81.0 Å². The van der Waals surface area contributed by atoms with E-state index in [4.69, 9.17) is 14.6 Å². The summed E-state index contributed by atoms with van der Waals surface area (Å²) in [6.45, 7) is 9.49. The number of ether oxygens (including phenoxy) is 2. The molecule has 6 rings (SSSR count). The fourth-order valence-corrected chi connectivity index (χ4v) is 5.68. The fraction of sp³-hybridized carbons (Fsp3) is 0.393. The van der Waals surface area contributed by atoms with E-state index in [1.165, 1.54) is 6.26 Å². The molecule has 10 heteroatoms. The van der Waals surface area contributed by atoms with E-state index in [9.17, 15) is 9.59 Å². The van der Waals surface area contributed by atoms with Gasteiger partial charge in [-0.25, -0.2) is 4.79 Å². The number of imidazole rings is 1. The first-order valence-electron chi connectivity index (χ1n) is 13.2. The minimum atomic E-state index is -0.101. The van der Waals surface area contributed by atoms with E-state index in [2.05, 4.69) is 16.5 Å². The normalized spacial score (nSPS) is 17.3. The van der Waals surface area contributed by atoms with Crippen LogP contribution in [0.1, 0.15) is 29.4 Å². The van der Waals surface area contributed by atoms with E-state index in [0.29, 0.717) is 43.9 Å². The van der Waals surface area contributed by atoms with Gasteiger partial charge in [0.05, 0.1) is 37.1 Å². The highest BCUT2D eigenvalue weighted by molar-refractivity contribution is 6.06. The van der Waals surface area contributed by atoms with Crippen LogP contribution in [0.2, 0.25) is 0 Å². The van der Waals surface area contributed by atoms with Gasteiger partial charge in [-0.2, -0.15) is 5.10 Å². The molecule has 0 aliphatic carbocycles. The maximum atomic E-state index is 13.8. The SMILES string of the molecule is C=COc1cccc2c(C(=O)N3CCC(n4c(=O)[nH]c5ccccc54)CC3)nn(CCN3CCOCC3)c12. The van der Waals surface area contributed by atoms with Crippen molar-refractivity contribution in [3.05, 3.63) is 71.5 Å². The number of aromatic amines is 1. The van der Waals surface area contributed by atoms with Gasteiger partial charge in [0.2, 0.25) is 0 Å². The Hall–Kier alpha value is -3.89. The van der Waals surface area contributed by atoms with Crippen molar-refractivity contribution in [2.24, 2.45) is 0 Å². The monoisotopic (exact) mass is 516 g/mol. The van der Waals surface area contributed by atoms with E-state index >= 15 is 0 Å². The third kappa shape index (κ3) is 4.50. The number of morpholine rings is 1. The molecule has 2 aliphatic rings. The van der Waals surface area contributed by atoms with Crippen LogP contribution in [0.15, 0.2) is 60.1 Å². The lowest BCUT2D eigenvalue weighted by Gasteiger charge is -2.32. The molecule has 10 nitrogen and oxygen atoms in total. The van der Waals surface area contributed by atoms with Crippen molar-refractivity contribution in [2.45, 2.75) is 25.4 Å². The van der Waals surface area contributed by atoms with Gasteiger partial charge in [-0.15, -0.1) is 0 Å². The molecule has 0 saturated carbocycles. The Morgan fingerprint density at radius 1 is 1.08 bits per heavy atom. The second-order valence-electron chi connectivity index (χ2n) is 9.80. The number of H-pyrrole nitrogens is 1. The summed E-state index contributed by atoms with van der Waals surface area (Å²) < 4.78 is 14.9. The molecule has 1 amide bonds. The summed E-state index contributed by atoms with van der Waals surface area (Å²) in [4.78, 5) is 33.6. The summed E-state index contributed by atoms with van der Waals surface area (Å²) in [5, 5.41) is 5.58. The Labute approximate surface area is 220 Å². The molecule has 0 radical (unpaired) electrons. The number of piperidine rings is 1. The predicted octanol–water partition coefficient (Wildman–Crippen LogP) is 3.01. The second-order valence-corrected chi connectivity index (χ2v) is 9.80. The van der Waals surface area contributed by atoms with Crippen LogP contribution in [0.3, 0.4) is 0 Å². The Kier molecular flexibility index (Phi) is 6.73. The largest absolute Gasteiger partial charge is 0.463 e. The molecule has 2 aromatic carbocycles. The molecular formula is C28H32N6O4. The van der Waals surface area contributed by atoms with Gasteiger partial charge >= 0.3 is 5.69 Å². The molecule has 2 saturated heterocycles. The second kappa shape index (κ2) is 10.5. The van der Waals surface area contributed by atoms with Crippen molar-refractivity contribution in [2.75, 3.05) is 45.9 Å². The predicted molar refractivity (Wildman–Crippen MR) is 145 cm³/mol. The summed E-state index contributed by atoms with van der Waals surface area (Å²) in [6.07, 6.45) is 2.80. The van der Waals surface area contributed by atoms with Gasteiger partial charge in [0, 0.05) is 44.2 Å². The fourth-order valence-electron chi connectivity index (χ4n) is 5.68. The Balaban J connectivity index is 1.24. The first-order valence-corrected chi connectivity index (χ1v) is 13.2. The molecule has 1 N–H and O–H groups in total. The molecule has 0 unspecified atom stereocenters. The van der Waals surface area contributed by atoms with Crippen molar-refractivity contribution in [3.8, 4) is 5.75 Å². The van der Waals surface area contributed by atoms with Crippen molar-refractivity contribution in [1.82, 2.24) is 29.1 Å². The number of amides is 1. The zero-order chi connectivity index (χ0) is 26.1. The standard InChI is InChI=1S/C28H32N6O4/c1-2-38-24-9-5-6-21-25(30-33(26(21)24)15-14-31-16-18-37-19-17-31)27(35)32-12-10-20(11-13-32)34-23-8-4-3-7-22(23)29-28(34)36/h2-9,20H,1,10-19H2,(H,29,36). The van der Waals surface area contributed by atoms with Gasteiger partial charge in [0.15, 0.2) is 11.4 Å². The van der Waals surface area contributed by atoms with Gasteiger partial charge in [-0.3, -0.25) is 18.9 Å². The highest BCUT2D eigenvalue weighted by Gasteiger charge is 2.30. The number of para-hydroxylation sites is 3. The van der Waals surface area contributed by atoms with Gasteiger partial charge in [0.1, 0.15) is 5.52 Å². The lowest BCUT2D eigenvalue weighted by Crippen LogP contribution is -2.40. The number of fused-ring (bicyclic) bond motifs is 2. The maximum absolute atomic E-state index is 13.8. The highest BCUT2D eigenvalue weighted by Crippen LogP contribution is 2.31. The van der Waals surface area contributed by atoms with Crippen molar-refractivity contribution in [3.63, 3.8) is 0 Å². The molecule has 0 bridgehead atoms. The van der Waals surface area contributed by atoms with E-state index in [1.54, 1.807) is 0 Å². The molecular weight excluding hydrogens is 484 g/mol. The molecule has 4 aromatic rings. The number of carbonyl (C=O) groups is 1. The summed E-state index contributed by atoms with van der Waals surface area (Å²) in [7, 11) is 0. The van der Waals surface area contributed by atoms with E-state index < -0.39 is 0 Å². The minimum Gasteiger partial charge on any atom is -0.463 e. The van der Waals surface area contributed by atoms with Gasteiger partial charge in [0.25, 0.3) is 5.91 Å². The van der Waals surface area contributed by atoms with Gasteiger partial charge in [-0.05, 0) is 31.0 Å². The molecule has 38 heavy (non-hydrogen) atoms. The first kappa shape index (κ1) is 24.4. The summed E-state index contributed by atoms with van der Waals surface area (Å²) >= 11 is 0. The van der Waals surface area contributed by atoms with Crippen LogP contribution in [-0.2, 0) is 11.3 Å². The summed E-state index contributed by atoms with van der Waals surface area (Å²) in [6, 6.07) is 13.4. The number of benzene rings is 2. The lowest BCUT2D eigenvalue weighted by atomic mass is 10.0. The van der Waals surface area contributed by atoms with E-state index in [1.807, 2.05) is 56.6 Å². The number of likely N-dealkylation sites (tertiary alicyclic amines) is 1.